The maximum Gasteiger partial charge on any atom is 0.225 e. The van der Waals surface area contributed by atoms with Crippen molar-refractivity contribution < 1.29 is 4.74 Å². The van der Waals surface area contributed by atoms with Gasteiger partial charge in [-0.15, -0.1) is 0 Å². The summed E-state index contributed by atoms with van der Waals surface area (Å²) in [6.45, 7) is 10.9. The predicted molar refractivity (Wildman–Crippen MR) is 101 cm³/mol. The van der Waals surface area contributed by atoms with Gasteiger partial charge in [0.1, 0.15) is 5.75 Å². The van der Waals surface area contributed by atoms with Crippen LogP contribution in [0.1, 0.15) is 31.9 Å². The number of nitrogens with zero attached hydrogens (tertiary/aromatic N) is 4. The van der Waals surface area contributed by atoms with E-state index in [4.69, 9.17) is 4.74 Å². The minimum Gasteiger partial charge on any atom is -0.497 e. The van der Waals surface area contributed by atoms with Crippen LogP contribution in [-0.2, 0) is 6.42 Å². The molecule has 0 bridgehead atoms. The van der Waals surface area contributed by atoms with Crippen molar-refractivity contribution in [3.05, 3.63) is 47.8 Å². The van der Waals surface area contributed by atoms with Crippen LogP contribution in [-0.4, -0.2) is 53.7 Å². The third-order valence-electron chi connectivity index (χ3n) is 4.77. The summed E-state index contributed by atoms with van der Waals surface area (Å²) < 4.78 is 5.20. The molecule has 1 saturated heterocycles. The molecule has 0 amide bonds. The van der Waals surface area contributed by atoms with Crippen molar-refractivity contribution in [2.75, 3.05) is 38.2 Å². The average Bonchev–Trinajstić information content (AvgIpc) is 2.62. The summed E-state index contributed by atoms with van der Waals surface area (Å²) in [6.07, 6.45) is 4.73. The zero-order valence-corrected chi connectivity index (χ0v) is 15.7. The highest BCUT2D eigenvalue weighted by Crippen LogP contribution is 2.19. The summed E-state index contributed by atoms with van der Waals surface area (Å²) >= 11 is 0. The van der Waals surface area contributed by atoms with Crippen LogP contribution in [0.4, 0.5) is 5.95 Å². The maximum atomic E-state index is 5.20. The van der Waals surface area contributed by atoms with E-state index in [1.54, 1.807) is 7.11 Å². The van der Waals surface area contributed by atoms with Gasteiger partial charge in [0.15, 0.2) is 0 Å². The Morgan fingerprint density at radius 1 is 0.920 bits per heavy atom. The average molecular weight is 340 g/mol. The molecule has 0 N–H and O–H groups in total. The number of piperazine rings is 1. The molecule has 0 aliphatic carbocycles. The molecule has 5 nitrogen and oxygen atoms in total. The lowest BCUT2D eigenvalue weighted by atomic mass is 10.1. The Kier molecular flexibility index (Phi) is 5.23. The Hall–Kier alpha value is -2.14. The summed E-state index contributed by atoms with van der Waals surface area (Å²) in [5.41, 5.74) is 2.59. The summed E-state index contributed by atoms with van der Waals surface area (Å²) in [5, 5.41) is 0. The van der Waals surface area contributed by atoms with Gasteiger partial charge in [-0.2, -0.15) is 0 Å². The van der Waals surface area contributed by atoms with Crippen LogP contribution in [0.2, 0.25) is 0 Å². The van der Waals surface area contributed by atoms with Gasteiger partial charge in [0, 0.05) is 50.5 Å². The lowest BCUT2D eigenvalue weighted by Gasteiger charge is -2.42. The highest BCUT2D eigenvalue weighted by molar-refractivity contribution is 5.34. The summed E-state index contributed by atoms with van der Waals surface area (Å²) in [5.74, 6) is 1.72. The van der Waals surface area contributed by atoms with Crippen molar-refractivity contribution in [3.63, 3.8) is 0 Å². The number of benzene rings is 1. The highest BCUT2D eigenvalue weighted by Gasteiger charge is 2.26. The van der Waals surface area contributed by atoms with Crippen LogP contribution in [0, 0.1) is 0 Å². The van der Waals surface area contributed by atoms with Crippen molar-refractivity contribution in [3.8, 4) is 5.75 Å². The fraction of sp³-hybridized carbons (Fsp3) is 0.500. The predicted octanol–water partition coefficient (Wildman–Crippen LogP) is 3.00. The van der Waals surface area contributed by atoms with Gasteiger partial charge in [0.2, 0.25) is 5.95 Å². The van der Waals surface area contributed by atoms with E-state index >= 15 is 0 Å². The molecule has 1 aliphatic rings. The third kappa shape index (κ3) is 4.48. The summed E-state index contributed by atoms with van der Waals surface area (Å²) in [7, 11) is 1.68. The first-order chi connectivity index (χ1) is 12.0. The smallest absolute Gasteiger partial charge is 0.225 e. The van der Waals surface area contributed by atoms with Crippen molar-refractivity contribution in [2.24, 2.45) is 0 Å². The van der Waals surface area contributed by atoms with E-state index in [1.165, 1.54) is 5.56 Å². The number of hydrogen-bond acceptors (Lipinski definition) is 5. The lowest BCUT2D eigenvalue weighted by molar-refractivity contribution is 0.128. The molecule has 3 rings (SSSR count). The van der Waals surface area contributed by atoms with Gasteiger partial charge in [-0.05, 0) is 44.0 Å². The Bertz CT molecular complexity index is 668. The first-order valence-electron chi connectivity index (χ1n) is 8.89. The van der Waals surface area contributed by atoms with Gasteiger partial charge in [0.05, 0.1) is 7.11 Å². The molecule has 0 unspecified atom stereocenters. The van der Waals surface area contributed by atoms with E-state index in [0.29, 0.717) is 0 Å². The Morgan fingerprint density at radius 2 is 1.52 bits per heavy atom. The van der Waals surface area contributed by atoms with E-state index in [-0.39, 0.29) is 5.54 Å². The van der Waals surface area contributed by atoms with Crippen LogP contribution >= 0.6 is 0 Å². The molecule has 0 saturated carbocycles. The van der Waals surface area contributed by atoms with E-state index in [9.17, 15) is 0 Å². The molecule has 0 atom stereocenters. The molecule has 0 radical (unpaired) electrons. The molecular formula is C20H28N4O. The molecule has 0 spiro atoms. The number of ether oxygens (including phenoxy) is 1. The molecule has 2 aromatic rings. The molecule has 5 heteroatoms. The van der Waals surface area contributed by atoms with Crippen LogP contribution in [0.5, 0.6) is 5.75 Å². The first kappa shape index (κ1) is 17.7. The minimum atomic E-state index is 0.231. The number of rotatable bonds is 4. The maximum absolute atomic E-state index is 5.20. The van der Waals surface area contributed by atoms with Crippen LogP contribution in [0.15, 0.2) is 36.7 Å². The topological polar surface area (TPSA) is 41.5 Å². The highest BCUT2D eigenvalue weighted by atomic mass is 16.5. The number of anilines is 1. The van der Waals surface area contributed by atoms with Gasteiger partial charge in [-0.25, -0.2) is 9.97 Å². The zero-order chi connectivity index (χ0) is 17.9. The molecule has 1 fully saturated rings. The third-order valence-corrected chi connectivity index (χ3v) is 4.77. The number of hydrogen-bond donors (Lipinski definition) is 0. The van der Waals surface area contributed by atoms with Crippen molar-refractivity contribution in [2.45, 2.75) is 32.7 Å². The molecular weight excluding hydrogens is 312 g/mol. The fourth-order valence-electron chi connectivity index (χ4n) is 3.16. The Balaban J connectivity index is 1.59. The monoisotopic (exact) mass is 340 g/mol. The van der Waals surface area contributed by atoms with Gasteiger partial charge >= 0.3 is 0 Å². The van der Waals surface area contributed by atoms with Gasteiger partial charge < -0.3 is 9.64 Å². The normalized spacial score (nSPS) is 16.1. The van der Waals surface area contributed by atoms with Crippen molar-refractivity contribution >= 4 is 5.95 Å². The SMILES string of the molecule is COc1ccc(Cc2cnc(N3CCN(C(C)(C)C)CC3)nc2)cc1. The van der Waals surface area contributed by atoms with Crippen LogP contribution in [0.3, 0.4) is 0 Å². The van der Waals surface area contributed by atoms with E-state index in [0.717, 1.165) is 49.9 Å². The van der Waals surface area contributed by atoms with Crippen molar-refractivity contribution in [1.82, 2.24) is 14.9 Å². The molecule has 1 aromatic heterocycles. The summed E-state index contributed by atoms with van der Waals surface area (Å²) in [6, 6.07) is 8.13. The van der Waals surface area contributed by atoms with Gasteiger partial charge in [0.25, 0.3) is 0 Å². The fourth-order valence-corrected chi connectivity index (χ4v) is 3.16. The van der Waals surface area contributed by atoms with Crippen molar-refractivity contribution in [1.29, 1.82) is 0 Å². The second kappa shape index (κ2) is 7.40. The van der Waals surface area contributed by atoms with E-state index < -0.39 is 0 Å². The zero-order valence-electron chi connectivity index (χ0n) is 15.7. The second-order valence-electron chi connectivity index (χ2n) is 7.56. The summed E-state index contributed by atoms with van der Waals surface area (Å²) in [4.78, 5) is 14.0. The Morgan fingerprint density at radius 3 is 2.04 bits per heavy atom. The molecule has 134 valence electrons. The van der Waals surface area contributed by atoms with Crippen LogP contribution in [0.25, 0.3) is 0 Å². The minimum absolute atomic E-state index is 0.231. The lowest BCUT2D eigenvalue weighted by Crippen LogP contribution is -2.53. The van der Waals surface area contributed by atoms with E-state index in [1.807, 2.05) is 24.5 Å². The molecule has 1 aliphatic heterocycles. The number of methoxy groups -OCH3 is 1. The number of aromatic nitrogens is 2. The molecule has 2 heterocycles. The Labute approximate surface area is 150 Å². The van der Waals surface area contributed by atoms with Crippen LogP contribution < -0.4 is 9.64 Å². The van der Waals surface area contributed by atoms with E-state index in [2.05, 4.69) is 52.7 Å². The largest absolute Gasteiger partial charge is 0.497 e. The molecule has 1 aromatic carbocycles. The second-order valence-corrected chi connectivity index (χ2v) is 7.56. The first-order valence-corrected chi connectivity index (χ1v) is 8.89. The van der Waals surface area contributed by atoms with Gasteiger partial charge in [-0.3, -0.25) is 4.90 Å². The van der Waals surface area contributed by atoms with Gasteiger partial charge in [-0.1, -0.05) is 12.1 Å². The standard InChI is InChI=1S/C20H28N4O/c1-20(2,3)24-11-9-23(10-12-24)19-21-14-17(15-22-19)13-16-5-7-18(25-4)8-6-16/h5-8,14-15H,9-13H2,1-4H3. The molecule has 25 heavy (non-hydrogen) atoms. The quantitative estimate of drug-likeness (QED) is 0.856.